The van der Waals surface area contributed by atoms with Crippen LogP contribution in [0.1, 0.15) is 31.2 Å². The van der Waals surface area contributed by atoms with Crippen molar-refractivity contribution in [2.24, 2.45) is 0 Å². The van der Waals surface area contributed by atoms with Crippen molar-refractivity contribution in [2.45, 2.75) is 44.4 Å². The minimum absolute atomic E-state index is 0.146. The molecule has 2 N–H and O–H groups in total. The molecule has 1 aliphatic rings. The topological polar surface area (TPSA) is 50.7 Å². The van der Waals surface area contributed by atoms with Crippen molar-refractivity contribution in [3.05, 3.63) is 22.7 Å². The molecule has 0 radical (unpaired) electrons. The SMILES string of the molecule is COc1ccc(CN[C@H]2CCCC[C@@H]2O)c(Cl)c1OC. The van der Waals surface area contributed by atoms with Gasteiger partial charge >= 0.3 is 0 Å². The maximum atomic E-state index is 9.96. The van der Waals surface area contributed by atoms with Crippen LogP contribution in [0, 0.1) is 0 Å². The summed E-state index contributed by atoms with van der Waals surface area (Å²) in [5.41, 5.74) is 0.946. The zero-order valence-electron chi connectivity index (χ0n) is 12.0. The number of halogens is 1. The standard InChI is InChI=1S/C15H22ClNO3/c1-19-13-8-7-10(14(16)15(13)20-2)9-17-11-5-3-4-6-12(11)18/h7-8,11-12,17-18H,3-6,9H2,1-2H3/t11-,12-/m0/s1. The van der Waals surface area contributed by atoms with Crippen molar-refractivity contribution in [1.29, 1.82) is 0 Å². The first kappa shape index (κ1) is 15.4. The largest absolute Gasteiger partial charge is 0.493 e. The average Bonchev–Trinajstić information content (AvgIpc) is 2.47. The van der Waals surface area contributed by atoms with Crippen LogP contribution in [0.5, 0.6) is 11.5 Å². The van der Waals surface area contributed by atoms with E-state index in [9.17, 15) is 5.11 Å². The Morgan fingerprint density at radius 1 is 1.25 bits per heavy atom. The molecule has 1 aromatic rings. The van der Waals surface area contributed by atoms with Gasteiger partial charge in [-0.2, -0.15) is 0 Å². The lowest BCUT2D eigenvalue weighted by molar-refractivity contribution is 0.0902. The Morgan fingerprint density at radius 2 is 2.00 bits per heavy atom. The number of aliphatic hydroxyl groups excluding tert-OH is 1. The Labute approximate surface area is 125 Å². The van der Waals surface area contributed by atoms with Gasteiger partial charge in [-0.3, -0.25) is 0 Å². The molecule has 0 unspecified atom stereocenters. The van der Waals surface area contributed by atoms with Crippen LogP contribution in [-0.4, -0.2) is 31.5 Å². The summed E-state index contributed by atoms with van der Waals surface area (Å²) in [6.07, 6.45) is 3.89. The van der Waals surface area contributed by atoms with Crippen molar-refractivity contribution < 1.29 is 14.6 Å². The molecule has 5 heteroatoms. The molecule has 4 nitrogen and oxygen atoms in total. The molecule has 0 heterocycles. The number of methoxy groups -OCH3 is 2. The molecule has 20 heavy (non-hydrogen) atoms. The summed E-state index contributed by atoms with van der Waals surface area (Å²) in [5, 5.41) is 13.9. The molecule has 0 aliphatic heterocycles. The Hall–Kier alpha value is -0.970. The molecule has 2 rings (SSSR count). The van der Waals surface area contributed by atoms with Crippen LogP contribution in [0.3, 0.4) is 0 Å². The summed E-state index contributed by atoms with van der Waals surface area (Å²) in [5.74, 6) is 1.18. The third-order valence-corrected chi connectivity index (χ3v) is 4.26. The quantitative estimate of drug-likeness (QED) is 0.878. The second-order valence-corrected chi connectivity index (χ2v) is 5.49. The van der Waals surface area contributed by atoms with Crippen LogP contribution in [-0.2, 0) is 6.54 Å². The molecule has 0 aromatic heterocycles. The first-order valence-corrected chi connectivity index (χ1v) is 7.36. The fourth-order valence-electron chi connectivity index (χ4n) is 2.66. The van der Waals surface area contributed by atoms with Gasteiger partial charge in [-0.15, -0.1) is 0 Å². The van der Waals surface area contributed by atoms with E-state index < -0.39 is 0 Å². The van der Waals surface area contributed by atoms with Gasteiger partial charge in [-0.1, -0.05) is 30.5 Å². The highest BCUT2D eigenvalue weighted by atomic mass is 35.5. The number of nitrogens with one attached hydrogen (secondary N) is 1. The van der Waals surface area contributed by atoms with E-state index in [4.69, 9.17) is 21.1 Å². The normalized spacial score (nSPS) is 22.6. The highest BCUT2D eigenvalue weighted by Gasteiger charge is 2.23. The fraction of sp³-hybridized carbons (Fsp3) is 0.600. The van der Waals surface area contributed by atoms with Crippen LogP contribution in [0.4, 0.5) is 0 Å². The van der Waals surface area contributed by atoms with Crippen molar-refractivity contribution >= 4 is 11.6 Å². The summed E-state index contributed by atoms with van der Waals surface area (Å²) in [6, 6.07) is 3.91. The van der Waals surface area contributed by atoms with E-state index in [0.29, 0.717) is 23.1 Å². The monoisotopic (exact) mass is 299 g/mol. The van der Waals surface area contributed by atoms with Gasteiger partial charge in [0, 0.05) is 12.6 Å². The van der Waals surface area contributed by atoms with Gasteiger partial charge in [0.1, 0.15) is 0 Å². The van der Waals surface area contributed by atoms with E-state index >= 15 is 0 Å². The lowest BCUT2D eigenvalue weighted by Gasteiger charge is -2.28. The van der Waals surface area contributed by atoms with E-state index in [-0.39, 0.29) is 12.1 Å². The molecule has 0 saturated heterocycles. The Balaban J connectivity index is 2.06. The van der Waals surface area contributed by atoms with Crippen LogP contribution >= 0.6 is 11.6 Å². The van der Waals surface area contributed by atoms with Crippen LogP contribution in [0.25, 0.3) is 0 Å². The van der Waals surface area contributed by atoms with Crippen molar-refractivity contribution in [3.8, 4) is 11.5 Å². The lowest BCUT2D eigenvalue weighted by Crippen LogP contribution is -2.41. The van der Waals surface area contributed by atoms with E-state index in [0.717, 1.165) is 31.2 Å². The predicted molar refractivity (Wildman–Crippen MR) is 79.7 cm³/mol. The highest BCUT2D eigenvalue weighted by Crippen LogP contribution is 2.37. The molecule has 1 fully saturated rings. The van der Waals surface area contributed by atoms with Crippen LogP contribution in [0.15, 0.2) is 12.1 Å². The van der Waals surface area contributed by atoms with Gasteiger partial charge in [0.2, 0.25) is 0 Å². The summed E-state index contributed by atoms with van der Waals surface area (Å²) in [6.45, 7) is 0.612. The predicted octanol–water partition coefficient (Wildman–Crippen LogP) is 2.75. The molecule has 112 valence electrons. The molecule has 0 bridgehead atoms. The van der Waals surface area contributed by atoms with Gasteiger partial charge in [0.05, 0.1) is 25.3 Å². The molecule has 1 aliphatic carbocycles. The lowest BCUT2D eigenvalue weighted by atomic mass is 9.92. The van der Waals surface area contributed by atoms with Crippen molar-refractivity contribution in [1.82, 2.24) is 5.32 Å². The zero-order chi connectivity index (χ0) is 14.5. The second kappa shape index (κ2) is 7.16. The van der Waals surface area contributed by atoms with Gasteiger partial charge in [0.15, 0.2) is 11.5 Å². The number of benzene rings is 1. The first-order chi connectivity index (χ1) is 9.67. The van der Waals surface area contributed by atoms with Gasteiger partial charge < -0.3 is 19.9 Å². The third-order valence-electron chi connectivity index (χ3n) is 3.85. The maximum Gasteiger partial charge on any atom is 0.179 e. The molecular weight excluding hydrogens is 278 g/mol. The molecule has 1 saturated carbocycles. The Kier molecular flexibility index (Phi) is 5.52. The maximum absolute atomic E-state index is 9.96. The van der Waals surface area contributed by atoms with E-state index in [1.54, 1.807) is 14.2 Å². The average molecular weight is 300 g/mol. The summed E-state index contributed by atoms with van der Waals surface area (Å²) in [7, 11) is 3.16. The zero-order valence-corrected chi connectivity index (χ0v) is 12.7. The number of aliphatic hydroxyl groups is 1. The van der Waals surface area contributed by atoms with E-state index in [1.807, 2.05) is 12.1 Å². The fourth-order valence-corrected chi connectivity index (χ4v) is 2.96. The van der Waals surface area contributed by atoms with Crippen LogP contribution < -0.4 is 14.8 Å². The molecule has 0 spiro atoms. The molecule has 1 aromatic carbocycles. The van der Waals surface area contributed by atoms with Crippen molar-refractivity contribution in [3.63, 3.8) is 0 Å². The smallest absolute Gasteiger partial charge is 0.179 e. The van der Waals surface area contributed by atoms with Gasteiger partial charge in [0.25, 0.3) is 0 Å². The van der Waals surface area contributed by atoms with Crippen LogP contribution in [0.2, 0.25) is 5.02 Å². The molecule has 2 atom stereocenters. The third kappa shape index (κ3) is 3.37. The first-order valence-electron chi connectivity index (χ1n) is 6.98. The molecular formula is C15H22ClNO3. The van der Waals surface area contributed by atoms with Gasteiger partial charge in [-0.25, -0.2) is 0 Å². The van der Waals surface area contributed by atoms with E-state index in [1.165, 1.54) is 0 Å². The Morgan fingerprint density at radius 3 is 2.65 bits per heavy atom. The Bertz CT molecular complexity index is 453. The number of hydrogen-bond donors (Lipinski definition) is 2. The minimum Gasteiger partial charge on any atom is -0.493 e. The van der Waals surface area contributed by atoms with E-state index in [2.05, 4.69) is 5.32 Å². The summed E-state index contributed by atoms with van der Waals surface area (Å²) < 4.78 is 10.5. The molecule has 0 amide bonds. The summed E-state index contributed by atoms with van der Waals surface area (Å²) >= 11 is 6.34. The highest BCUT2D eigenvalue weighted by molar-refractivity contribution is 6.33. The number of rotatable bonds is 5. The number of hydrogen-bond acceptors (Lipinski definition) is 4. The minimum atomic E-state index is -0.261. The summed E-state index contributed by atoms with van der Waals surface area (Å²) in [4.78, 5) is 0. The van der Waals surface area contributed by atoms with Crippen molar-refractivity contribution in [2.75, 3.05) is 14.2 Å². The second-order valence-electron chi connectivity index (χ2n) is 5.11. The van der Waals surface area contributed by atoms with Gasteiger partial charge in [-0.05, 0) is 24.5 Å². The number of ether oxygens (including phenoxy) is 2.